The Labute approximate surface area is 172 Å². The van der Waals surface area contributed by atoms with Gasteiger partial charge in [-0.15, -0.1) is 0 Å². The number of aromatic nitrogens is 6. The molecule has 4 heterocycles. The van der Waals surface area contributed by atoms with Gasteiger partial charge in [0.05, 0.1) is 34.2 Å². The van der Waals surface area contributed by atoms with Crippen LogP contribution in [0, 0.1) is 13.8 Å². The van der Waals surface area contributed by atoms with E-state index in [0.717, 1.165) is 33.4 Å². The fraction of sp³-hybridized carbons (Fsp3) is 0.136. The summed E-state index contributed by atoms with van der Waals surface area (Å²) in [5.41, 5.74) is 5.71. The van der Waals surface area contributed by atoms with E-state index in [1.54, 1.807) is 10.9 Å². The molecule has 0 spiro atoms. The molecule has 0 atom stereocenters. The van der Waals surface area contributed by atoms with Crippen LogP contribution >= 0.6 is 0 Å². The Hall–Kier alpha value is -4.07. The minimum absolute atomic E-state index is 0.238. The molecule has 0 saturated carbocycles. The lowest BCUT2D eigenvalue weighted by atomic mass is 10.0. The number of amides is 1. The molecule has 1 aromatic carbocycles. The van der Waals surface area contributed by atoms with Gasteiger partial charge in [0.15, 0.2) is 11.3 Å². The lowest BCUT2D eigenvalue weighted by molar-refractivity contribution is 0.102. The summed E-state index contributed by atoms with van der Waals surface area (Å²) in [4.78, 5) is 22.4. The lowest BCUT2D eigenvalue weighted by Gasteiger charge is -2.09. The number of hydrogen-bond acceptors (Lipinski definition) is 5. The summed E-state index contributed by atoms with van der Waals surface area (Å²) in [6, 6.07) is 13.5. The second-order valence-electron chi connectivity index (χ2n) is 7.23. The first-order valence-electron chi connectivity index (χ1n) is 9.53. The van der Waals surface area contributed by atoms with E-state index in [1.807, 2.05) is 63.4 Å². The molecule has 0 unspecified atom stereocenters. The van der Waals surface area contributed by atoms with E-state index < -0.39 is 0 Å². The molecule has 8 heteroatoms. The van der Waals surface area contributed by atoms with Crippen molar-refractivity contribution in [2.24, 2.45) is 7.05 Å². The van der Waals surface area contributed by atoms with E-state index in [1.165, 1.54) is 0 Å². The predicted octanol–water partition coefficient (Wildman–Crippen LogP) is 3.78. The SMILES string of the molecule is Cc1[nH]nc2ncc(NC(=O)c3cc(-c4ccccc4)nc4c3c(C)nn4C)cc12. The number of hydrogen-bond donors (Lipinski definition) is 2. The van der Waals surface area contributed by atoms with Gasteiger partial charge in [-0.05, 0) is 26.0 Å². The normalized spacial score (nSPS) is 11.3. The van der Waals surface area contributed by atoms with Gasteiger partial charge >= 0.3 is 0 Å². The number of carbonyl (C=O) groups excluding carboxylic acids is 1. The Morgan fingerprint density at radius 3 is 2.73 bits per heavy atom. The van der Waals surface area contributed by atoms with Crippen LogP contribution in [-0.2, 0) is 7.05 Å². The number of anilines is 1. The number of aromatic amines is 1. The fourth-order valence-electron chi connectivity index (χ4n) is 3.67. The third-order valence-corrected chi connectivity index (χ3v) is 5.14. The third kappa shape index (κ3) is 2.89. The van der Waals surface area contributed by atoms with E-state index in [9.17, 15) is 4.79 Å². The van der Waals surface area contributed by atoms with Gasteiger partial charge in [0.1, 0.15) is 0 Å². The maximum atomic E-state index is 13.3. The van der Waals surface area contributed by atoms with Gasteiger partial charge in [-0.2, -0.15) is 10.2 Å². The monoisotopic (exact) mass is 397 g/mol. The van der Waals surface area contributed by atoms with Crippen LogP contribution in [0.15, 0.2) is 48.7 Å². The molecule has 0 saturated heterocycles. The van der Waals surface area contributed by atoms with Crippen molar-refractivity contribution in [3.8, 4) is 11.3 Å². The van der Waals surface area contributed by atoms with Gasteiger partial charge in [-0.3, -0.25) is 14.6 Å². The van der Waals surface area contributed by atoms with Crippen molar-refractivity contribution in [1.82, 2.24) is 29.9 Å². The zero-order valence-corrected chi connectivity index (χ0v) is 16.8. The average Bonchev–Trinajstić information content (AvgIpc) is 3.27. The van der Waals surface area contributed by atoms with Crippen molar-refractivity contribution in [2.75, 3.05) is 5.32 Å². The molecule has 0 radical (unpaired) electrons. The number of aryl methyl sites for hydroxylation is 3. The van der Waals surface area contributed by atoms with Gasteiger partial charge < -0.3 is 5.32 Å². The van der Waals surface area contributed by atoms with Crippen LogP contribution in [0.3, 0.4) is 0 Å². The molecule has 0 bridgehead atoms. The van der Waals surface area contributed by atoms with Crippen LogP contribution < -0.4 is 5.32 Å². The summed E-state index contributed by atoms with van der Waals surface area (Å²) in [5, 5.41) is 16.1. The molecule has 0 aliphatic heterocycles. The molecule has 5 aromatic rings. The van der Waals surface area contributed by atoms with E-state index in [2.05, 4.69) is 25.6 Å². The Kier molecular flexibility index (Phi) is 4.06. The Morgan fingerprint density at radius 1 is 1.13 bits per heavy atom. The summed E-state index contributed by atoms with van der Waals surface area (Å²) in [7, 11) is 1.83. The largest absolute Gasteiger partial charge is 0.321 e. The highest BCUT2D eigenvalue weighted by Gasteiger charge is 2.20. The molecule has 0 aliphatic carbocycles. The Morgan fingerprint density at radius 2 is 1.93 bits per heavy atom. The Bertz CT molecular complexity index is 1420. The average molecular weight is 397 g/mol. The second kappa shape index (κ2) is 6.77. The first-order valence-corrected chi connectivity index (χ1v) is 9.53. The van der Waals surface area contributed by atoms with Crippen LogP contribution in [0.2, 0.25) is 0 Å². The summed E-state index contributed by atoms with van der Waals surface area (Å²) in [6.45, 7) is 3.80. The van der Waals surface area contributed by atoms with E-state index in [4.69, 9.17) is 4.98 Å². The van der Waals surface area contributed by atoms with Gasteiger partial charge in [-0.1, -0.05) is 30.3 Å². The molecule has 1 amide bonds. The minimum Gasteiger partial charge on any atom is -0.321 e. The summed E-state index contributed by atoms with van der Waals surface area (Å²) >= 11 is 0. The van der Waals surface area contributed by atoms with Crippen molar-refractivity contribution < 1.29 is 4.79 Å². The predicted molar refractivity (Wildman–Crippen MR) is 115 cm³/mol. The van der Waals surface area contributed by atoms with Crippen molar-refractivity contribution in [1.29, 1.82) is 0 Å². The summed E-state index contributed by atoms with van der Waals surface area (Å²) in [5.74, 6) is -0.238. The molecular weight excluding hydrogens is 378 g/mol. The maximum absolute atomic E-state index is 13.3. The summed E-state index contributed by atoms with van der Waals surface area (Å²) in [6.07, 6.45) is 1.60. The van der Waals surface area contributed by atoms with Crippen molar-refractivity contribution in [2.45, 2.75) is 13.8 Å². The quantitative estimate of drug-likeness (QED) is 0.482. The fourth-order valence-corrected chi connectivity index (χ4v) is 3.67. The van der Waals surface area contributed by atoms with Crippen LogP contribution in [0.4, 0.5) is 5.69 Å². The lowest BCUT2D eigenvalue weighted by Crippen LogP contribution is -2.13. The van der Waals surface area contributed by atoms with Gasteiger partial charge in [0.25, 0.3) is 5.91 Å². The number of H-pyrrole nitrogens is 1. The molecule has 2 N–H and O–H groups in total. The topological polar surface area (TPSA) is 101 Å². The van der Waals surface area contributed by atoms with Crippen LogP contribution in [-0.4, -0.2) is 35.9 Å². The zero-order valence-electron chi connectivity index (χ0n) is 16.8. The number of nitrogens with zero attached hydrogens (tertiary/aromatic N) is 5. The van der Waals surface area contributed by atoms with Crippen molar-refractivity contribution >= 4 is 33.7 Å². The second-order valence-corrected chi connectivity index (χ2v) is 7.23. The number of benzene rings is 1. The molecular formula is C22H19N7O. The first-order chi connectivity index (χ1) is 14.5. The molecule has 0 fully saturated rings. The van der Waals surface area contributed by atoms with E-state index in [-0.39, 0.29) is 5.91 Å². The van der Waals surface area contributed by atoms with Crippen LogP contribution in [0.1, 0.15) is 21.7 Å². The van der Waals surface area contributed by atoms with Crippen LogP contribution in [0.5, 0.6) is 0 Å². The number of nitrogens with one attached hydrogen (secondary N) is 2. The molecule has 8 nitrogen and oxygen atoms in total. The minimum atomic E-state index is -0.238. The zero-order chi connectivity index (χ0) is 20.8. The summed E-state index contributed by atoms with van der Waals surface area (Å²) < 4.78 is 1.70. The molecule has 148 valence electrons. The van der Waals surface area contributed by atoms with Gasteiger partial charge in [0.2, 0.25) is 0 Å². The van der Waals surface area contributed by atoms with E-state index >= 15 is 0 Å². The highest BCUT2D eigenvalue weighted by molar-refractivity contribution is 6.13. The smallest absolute Gasteiger partial charge is 0.256 e. The molecule has 0 aliphatic rings. The standard InChI is InChI=1S/C22H19N7O/c1-12-16-9-15(11-23-20(16)27-26-12)24-22(30)17-10-18(14-7-5-4-6-8-14)25-21-19(17)13(2)28-29(21)3/h4-11H,1-3H3,(H,24,30)(H,23,26,27). The van der Waals surface area contributed by atoms with Gasteiger partial charge in [-0.25, -0.2) is 9.97 Å². The van der Waals surface area contributed by atoms with Crippen molar-refractivity contribution in [3.05, 3.63) is 65.6 Å². The molecule has 4 aromatic heterocycles. The Balaban J connectivity index is 1.62. The number of carbonyl (C=O) groups is 1. The molecule has 5 rings (SSSR count). The van der Waals surface area contributed by atoms with Crippen molar-refractivity contribution in [3.63, 3.8) is 0 Å². The third-order valence-electron chi connectivity index (χ3n) is 5.14. The first kappa shape index (κ1) is 18.0. The van der Waals surface area contributed by atoms with Gasteiger partial charge in [0, 0.05) is 23.7 Å². The maximum Gasteiger partial charge on any atom is 0.256 e. The number of rotatable bonds is 3. The molecule has 30 heavy (non-hydrogen) atoms. The van der Waals surface area contributed by atoms with E-state index in [0.29, 0.717) is 22.5 Å². The number of fused-ring (bicyclic) bond motifs is 2. The number of pyridine rings is 2. The highest BCUT2D eigenvalue weighted by atomic mass is 16.1. The highest BCUT2D eigenvalue weighted by Crippen LogP contribution is 2.28. The van der Waals surface area contributed by atoms with Crippen LogP contribution in [0.25, 0.3) is 33.3 Å².